The van der Waals surface area contributed by atoms with Crippen LogP contribution in [0, 0.1) is 0 Å². The number of benzene rings is 1. The number of rotatable bonds is 1. The molecule has 3 rings (SSSR count). The summed E-state index contributed by atoms with van der Waals surface area (Å²) in [6, 6.07) is 9.10. The second kappa shape index (κ2) is 4.12. The molecule has 0 saturated carbocycles. The van der Waals surface area contributed by atoms with E-state index in [0.717, 1.165) is 15.8 Å². The van der Waals surface area contributed by atoms with Gasteiger partial charge >= 0.3 is 5.69 Å². The van der Waals surface area contributed by atoms with Crippen LogP contribution in [-0.2, 0) is 14.1 Å². The Morgan fingerprint density at radius 3 is 2.35 bits per heavy atom. The molecule has 0 radical (unpaired) electrons. The normalized spacial score (nSPS) is 11.1. The average Bonchev–Trinajstić information content (AvgIpc) is 2.89. The highest BCUT2D eigenvalue weighted by molar-refractivity contribution is 5.82. The van der Waals surface area contributed by atoms with Crippen LogP contribution in [0.3, 0.4) is 0 Å². The highest BCUT2D eigenvalue weighted by atomic mass is 16.2. The molecule has 0 spiro atoms. The monoisotopic (exact) mass is 270 g/mol. The van der Waals surface area contributed by atoms with Crippen LogP contribution in [0.15, 0.2) is 39.9 Å². The fourth-order valence-electron chi connectivity index (χ4n) is 2.27. The molecular weight excluding hydrogens is 256 g/mol. The highest BCUT2D eigenvalue weighted by Crippen LogP contribution is 2.22. The maximum absolute atomic E-state index is 12.1. The van der Waals surface area contributed by atoms with Crippen molar-refractivity contribution >= 4 is 16.7 Å². The third-order valence-corrected chi connectivity index (χ3v) is 3.47. The number of nitrogen functional groups attached to an aromatic ring is 1. The van der Waals surface area contributed by atoms with Gasteiger partial charge in [-0.25, -0.2) is 4.79 Å². The van der Waals surface area contributed by atoms with E-state index in [1.54, 1.807) is 25.2 Å². The van der Waals surface area contributed by atoms with Crippen molar-refractivity contribution in [3.63, 3.8) is 0 Å². The van der Waals surface area contributed by atoms with E-state index in [2.05, 4.69) is 4.98 Å². The molecule has 1 aromatic carbocycles. The minimum Gasteiger partial charge on any atom is -0.399 e. The summed E-state index contributed by atoms with van der Waals surface area (Å²) >= 11 is 0. The van der Waals surface area contributed by atoms with Gasteiger partial charge in [0, 0.05) is 25.5 Å². The van der Waals surface area contributed by atoms with E-state index >= 15 is 0 Å². The largest absolute Gasteiger partial charge is 0.399 e. The molecule has 0 atom stereocenters. The zero-order chi connectivity index (χ0) is 14.4. The quantitative estimate of drug-likeness (QED) is 0.642. The molecule has 2 aromatic heterocycles. The minimum atomic E-state index is -0.342. The van der Waals surface area contributed by atoms with Gasteiger partial charge in [0.15, 0.2) is 0 Å². The van der Waals surface area contributed by atoms with Crippen molar-refractivity contribution in [2.75, 3.05) is 5.73 Å². The topological polar surface area (TPSA) is 85.8 Å². The van der Waals surface area contributed by atoms with E-state index in [1.807, 2.05) is 12.1 Å². The molecule has 0 aliphatic carbocycles. The Balaban J connectivity index is 2.34. The molecule has 0 bridgehead atoms. The number of anilines is 1. The summed E-state index contributed by atoms with van der Waals surface area (Å²) in [5.41, 5.74) is 8.35. The Hall–Kier alpha value is -2.76. The molecule has 2 heterocycles. The van der Waals surface area contributed by atoms with Crippen molar-refractivity contribution in [2.24, 2.45) is 14.1 Å². The van der Waals surface area contributed by atoms with E-state index < -0.39 is 0 Å². The number of aromatic amines is 1. The SMILES string of the molecule is Cn1c(=O)c2[nH]c(-c3ccc(N)cc3)cc2n(C)c1=O. The molecule has 6 heteroatoms. The minimum absolute atomic E-state index is 0.329. The molecule has 20 heavy (non-hydrogen) atoms. The lowest BCUT2D eigenvalue weighted by Gasteiger charge is -2.02. The number of aryl methyl sites for hydroxylation is 1. The van der Waals surface area contributed by atoms with Crippen LogP contribution in [-0.4, -0.2) is 14.1 Å². The Labute approximate surface area is 114 Å². The van der Waals surface area contributed by atoms with Gasteiger partial charge in [-0.05, 0) is 23.8 Å². The third-order valence-electron chi connectivity index (χ3n) is 3.47. The number of hydrogen-bond acceptors (Lipinski definition) is 3. The number of aromatic nitrogens is 3. The molecule has 0 aliphatic rings. The number of hydrogen-bond donors (Lipinski definition) is 2. The van der Waals surface area contributed by atoms with E-state index in [4.69, 9.17) is 5.73 Å². The second-order valence-corrected chi connectivity index (χ2v) is 4.77. The average molecular weight is 270 g/mol. The maximum atomic E-state index is 12.1. The van der Waals surface area contributed by atoms with E-state index in [9.17, 15) is 9.59 Å². The summed E-state index contributed by atoms with van der Waals surface area (Å²) in [7, 11) is 3.11. The van der Waals surface area contributed by atoms with Gasteiger partial charge in [-0.3, -0.25) is 13.9 Å². The van der Waals surface area contributed by atoms with Gasteiger partial charge in [0.2, 0.25) is 0 Å². The number of nitrogens with zero attached hydrogens (tertiary/aromatic N) is 2. The van der Waals surface area contributed by atoms with E-state index in [1.165, 1.54) is 11.6 Å². The molecule has 6 nitrogen and oxygen atoms in total. The highest BCUT2D eigenvalue weighted by Gasteiger charge is 2.12. The van der Waals surface area contributed by atoms with Crippen LogP contribution in [0.2, 0.25) is 0 Å². The lowest BCUT2D eigenvalue weighted by molar-refractivity contribution is 0.713. The molecule has 0 amide bonds. The van der Waals surface area contributed by atoms with Gasteiger partial charge in [-0.15, -0.1) is 0 Å². The number of fused-ring (bicyclic) bond motifs is 1. The fraction of sp³-hybridized carbons (Fsp3) is 0.143. The summed E-state index contributed by atoms with van der Waals surface area (Å²) in [6.45, 7) is 0. The van der Waals surface area contributed by atoms with Crippen LogP contribution < -0.4 is 17.0 Å². The maximum Gasteiger partial charge on any atom is 0.331 e. The molecular formula is C14H14N4O2. The fourth-order valence-corrected chi connectivity index (χ4v) is 2.27. The molecule has 3 N–H and O–H groups in total. The number of H-pyrrole nitrogens is 1. The van der Waals surface area contributed by atoms with Crippen molar-refractivity contribution in [3.8, 4) is 11.3 Å². The van der Waals surface area contributed by atoms with Gasteiger partial charge in [0.05, 0.1) is 5.52 Å². The zero-order valence-electron chi connectivity index (χ0n) is 11.2. The van der Waals surface area contributed by atoms with Crippen LogP contribution in [0.25, 0.3) is 22.3 Å². The predicted octanol–water partition coefficient (Wildman–Crippen LogP) is 0.814. The van der Waals surface area contributed by atoms with Crippen LogP contribution >= 0.6 is 0 Å². The Bertz CT molecular complexity index is 913. The van der Waals surface area contributed by atoms with Crippen LogP contribution in [0.5, 0.6) is 0 Å². The molecule has 0 unspecified atom stereocenters. The third kappa shape index (κ3) is 1.65. The van der Waals surface area contributed by atoms with Gasteiger partial charge in [-0.2, -0.15) is 0 Å². The summed E-state index contributed by atoms with van der Waals surface area (Å²) in [5, 5.41) is 0. The Kier molecular flexibility index (Phi) is 2.53. The first-order chi connectivity index (χ1) is 9.49. The number of nitrogens with one attached hydrogen (secondary N) is 1. The molecule has 0 fully saturated rings. The predicted molar refractivity (Wildman–Crippen MR) is 78.6 cm³/mol. The smallest absolute Gasteiger partial charge is 0.331 e. The summed E-state index contributed by atoms with van der Waals surface area (Å²) in [6.07, 6.45) is 0. The van der Waals surface area contributed by atoms with Gasteiger partial charge in [0.1, 0.15) is 5.52 Å². The van der Waals surface area contributed by atoms with Crippen molar-refractivity contribution in [1.82, 2.24) is 14.1 Å². The van der Waals surface area contributed by atoms with Gasteiger partial charge < -0.3 is 10.7 Å². The Morgan fingerprint density at radius 2 is 1.70 bits per heavy atom. The van der Waals surface area contributed by atoms with Crippen LogP contribution in [0.1, 0.15) is 0 Å². The van der Waals surface area contributed by atoms with Crippen molar-refractivity contribution in [2.45, 2.75) is 0 Å². The first-order valence-electron chi connectivity index (χ1n) is 6.13. The first-order valence-corrected chi connectivity index (χ1v) is 6.13. The van der Waals surface area contributed by atoms with Crippen molar-refractivity contribution in [3.05, 3.63) is 51.2 Å². The van der Waals surface area contributed by atoms with E-state index in [0.29, 0.717) is 16.7 Å². The lowest BCUT2D eigenvalue weighted by Crippen LogP contribution is -2.36. The van der Waals surface area contributed by atoms with Gasteiger partial charge in [-0.1, -0.05) is 12.1 Å². The molecule has 0 aliphatic heterocycles. The molecule has 3 aromatic rings. The summed E-state index contributed by atoms with van der Waals surface area (Å²) < 4.78 is 2.54. The summed E-state index contributed by atoms with van der Waals surface area (Å²) in [4.78, 5) is 27.1. The molecule has 102 valence electrons. The second-order valence-electron chi connectivity index (χ2n) is 4.77. The van der Waals surface area contributed by atoms with E-state index in [-0.39, 0.29) is 11.2 Å². The summed E-state index contributed by atoms with van der Waals surface area (Å²) in [5.74, 6) is 0. The number of nitrogens with two attached hydrogens (primary N) is 1. The lowest BCUT2D eigenvalue weighted by atomic mass is 10.1. The standard InChI is InChI=1S/C14H14N4O2/c1-17-11-7-10(8-3-5-9(15)6-4-8)16-12(11)13(19)18(2)14(17)20/h3-7,16H,15H2,1-2H3. The van der Waals surface area contributed by atoms with Crippen molar-refractivity contribution in [1.29, 1.82) is 0 Å². The van der Waals surface area contributed by atoms with Crippen molar-refractivity contribution < 1.29 is 0 Å². The Morgan fingerprint density at radius 1 is 1.05 bits per heavy atom. The van der Waals surface area contributed by atoms with Crippen LogP contribution in [0.4, 0.5) is 5.69 Å². The zero-order valence-corrected chi connectivity index (χ0v) is 11.2. The molecule has 0 saturated heterocycles. The van der Waals surface area contributed by atoms with Gasteiger partial charge in [0.25, 0.3) is 5.56 Å². The first kappa shape index (κ1) is 12.3.